The summed E-state index contributed by atoms with van der Waals surface area (Å²) in [6.45, 7) is 4.82. The average Bonchev–Trinajstić information content (AvgIpc) is 3.11. The van der Waals surface area contributed by atoms with Crippen LogP contribution in [0, 0.1) is 0 Å². The van der Waals surface area contributed by atoms with Gasteiger partial charge >= 0.3 is 5.69 Å². The molecule has 2 aromatic heterocycles. The van der Waals surface area contributed by atoms with Gasteiger partial charge in [0.2, 0.25) is 5.95 Å². The van der Waals surface area contributed by atoms with Gasteiger partial charge in [-0.2, -0.15) is 4.98 Å². The maximum absolute atomic E-state index is 12.6. The third-order valence-electron chi connectivity index (χ3n) is 5.82. The van der Waals surface area contributed by atoms with E-state index in [0.29, 0.717) is 17.7 Å². The Kier molecular flexibility index (Phi) is 5.25. The number of piperazine rings is 1. The van der Waals surface area contributed by atoms with Crippen molar-refractivity contribution in [1.29, 1.82) is 0 Å². The van der Waals surface area contributed by atoms with Crippen molar-refractivity contribution in [2.45, 2.75) is 6.54 Å². The van der Waals surface area contributed by atoms with Crippen LogP contribution in [0.1, 0.15) is 0 Å². The van der Waals surface area contributed by atoms with Gasteiger partial charge in [0.05, 0.1) is 12.8 Å². The Morgan fingerprint density at radius 1 is 1.03 bits per heavy atom. The Bertz CT molecular complexity index is 1190. The van der Waals surface area contributed by atoms with Gasteiger partial charge in [-0.25, -0.2) is 4.79 Å². The molecule has 0 atom stereocenters. The summed E-state index contributed by atoms with van der Waals surface area (Å²) in [5, 5.41) is 0. The van der Waals surface area contributed by atoms with Gasteiger partial charge in [-0.3, -0.25) is 18.8 Å². The number of aromatic nitrogens is 4. The van der Waals surface area contributed by atoms with Gasteiger partial charge in [0.15, 0.2) is 11.2 Å². The summed E-state index contributed by atoms with van der Waals surface area (Å²) >= 11 is 0. The second kappa shape index (κ2) is 7.86. The normalized spacial score (nSPS) is 15.1. The number of nitrogens with two attached hydrogens (primary N) is 1. The van der Waals surface area contributed by atoms with E-state index in [2.05, 4.69) is 20.9 Å². The van der Waals surface area contributed by atoms with Gasteiger partial charge in [-0.1, -0.05) is 12.1 Å². The number of aryl methyl sites for hydroxylation is 1. The summed E-state index contributed by atoms with van der Waals surface area (Å²) in [6, 6.07) is 8.04. The monoisotopic (exact) mass is 413 g/mol. The maximum Gasteiger partial charge on any atom is 0.332 e. The number of benzene rings is 1. The molecular formula is C20H27N7O3. The molecule has 1 aromatic carbocycles. The fraction of sp³-hybridized carbons (Fsp3) is 0.450. The maximum atomic E-state index is 12.6. The molecule has 1 aliphatic heterocycles. The van der Waals surface area contributed by atoms with Gasteiger partial charge in [0.25, 0.3) is 5.56 Å². The number of para-hydroxylation sites is 2. The minimum absolute atomic E-state index is 0.246. The van der Waals surface area contributed by atoms with Crippen molar-refractivity contribution in [3.63, 3.8) is 0 Å². The highest BCUT2D eigenvalue weighted by Crippen LogP contribution is 2.28. The minimum Gasteiger partial charge on any atom is -0.495 e. The number of hydrogen-bond acceptors (Lipinski definition) is 7. The van der Waals surface area contributed by atoms with Crippen LogP contribution in [0.25, 0.3) is 11.2 Å². The van der Waals surface area contributed by atoms with Crippen molar-refractivity contribution >= 4 is 22.8 Å². The average molecular weight is 413 g/mol. The summed E-state index contributed by atoms with van der Waals surface area (Å²) in [4.78, 5) is 33.7. The lowest BCUT2D eigenvalue weighted by Gasteiger charge is -2.36. The second-order valence-corrected chi connectivity index (χ2v) is 7.50. The molecule has 0 aliphatic carbocycles. The number of methoxy groups -OCH3 is 1. The molecule has 0 saturated carbocycles. The van der Waals surface area contributed by atoms with Crippen LogP contribution < -0.4 is 26.6 Å². The highest BCUT2D eigenvalue weighted by Gasteiger charge is 2.21. The zero-order valence-electron chi connectivity index (χ0n) is 17.5. The first-order valence-corrected chi connectivity index (χ1v) is 9.94. The molecule has 0 bridgehead atoms. The highest BCUT2D eigenvalue weighted by atomic mass is 16.5. The van der Waals surface area contributed by atoms with Crippen LogP contribution in [0.4, 0.5) is 11.6 Å². The number of imidazole rings is 1. The lowest BCUT2D eigenvalue weighted by atomic mass is 10.2. The Morgan fingerprint density at radius 3 is 2.43 bits per heavy atom. The van der Waals surface area contributed by atoms with Crippen LogP contribution in [0.5, 0.6) is 5.75 Å². The molecule has 4 rings (SSSR count). The zero-order valence-corrected chi connectivity index (χ0v) is 17.5. The van der Waals surface area contributed by atoms with E-state index >= 15 is 0 Å². The smallest absolute Gasteiger partial charge is 0.332 e. The van der Waals surface area contributed by atoms with Crippen molar-refractivity contribution in [2.24, 2.45) is 14.1 Å². The fourth-order valence-corrected chi connectivity index (χ4v) is 4.03. The summed E-state index contributed by atoms with van der Waals surface area (Å²) in [5.41, 5.74) is 7.09. The first-order valence-electron chi connectivity index (χ1n) is 9.94. The van der Waals surface area contributed by atoms with E-state index in [1.807, 2.05) is 18.2 Å². The molecule has 0 spiro atoms. The molecule has 0 amide bonds. The lowest BCUT2D eigenvalue weighted by Crippen LogP contribution is -2.47. The molecule has 3 aromatic rings. The SMILES string of the molecule is COc1ccccc1N1CCN(CCn2c(N)nc3c2c(=O)n(C)c(=O)n3C)CC1. The Morgan fingerprint density at radius 2 is 1.73 bits per heavy atom. The zero-order chi connectivity index (χ0) is 21.4. The molecular weight excluding hydrogens is 386 g/mol. The van der Waals surface area contributed by atoms with E-state index < -0.39 is 5.69 Å². The molecule has 3 heterocycles. The van der Waals surface area contributed by atoms with Gasteiger partial charge in [0, 0.05) is 53.4 Å². The third kappa shape index (κ3) is 3.32. The largest absolute Gasteiger partial charge is 0.495 e. The van der Waals surface area contributed by atoms with E-state index in [0.717, 1.165) is 48.7 Å². The van der Waals surface area contributed by atoms with Crippen molar-refractivity contribution in [2.75, 3.05) is 50.5 Å². The fourth-order valence-electron chi connectivity index (χ4n) is 4.03. The van der Waals surface area contributed by atoms with Crippen LogP contribution in [0.2, 0.25) is 0 Å². The number of hydrogen-bond donors (Lipinski definition) is 1. The molecule has 1 saturated heterocycles. The lowest BCUT2D eigenvalue weighted by molar-refractivity contribution is 0.249. The molecule has 1 fully saturated rings. The van der Waals surface area contributed by atoms with Crippen LogP contribution in [0.3, 0.4) is 0 Å². The van der Waals surface area contributed by atoms with Gasteiger partial charge in [0.1, 0.15) is 5.75 Å². The number of ether oxygens (including phenoxy) is 1. The van der Waals surface area contributed by atoms with E-state index in [9.17, 15) is 9.59 Å². The minimum atomic E-state index is -0.412. The molecule has 30 heavy (non-hydrogen) atoms. The first kappa shape index (κ1) is 20.0. The summed E-state index contributed by atoms with van der Waals surface area (Å²) in [7, 11) is 4.75. The number of nitrogen functional groups attached to an aromatic ring is 1. The van der Waals surface area contributed by atoms with E-state index in [1.54, 1.807) is 18.7 Å². The summed E-state index contributed by atoms with van der Waals surface area (Å²) < 4.78 is 9.64. The predicted molar refractivity (Wildman–Crippen MR) is 116 cm³/mol. The van der Waals surface area contributed by atoms with Crippen LogP contribution in [0.15, 0.2) is 33.9 Å². The standard InChI is InChI=1S/C20H27N7O3/c1-23-17-16(18(28)24(2)20(23)29)27(19(21)22-17)13-10-25-8-11-26(12-9-25)14-6-4-5-7-15(14)30-3/h4-7H,8-13H2,1-3H3,(H2,21,22). The van der Waals surface area contributed by atoms with Crippen molar-refractivity contribution in [3.05, 3.63) is 45.1 Å². The molecule has 160 valence electrons. The molecule has 0 radical (unpaired) electrons. The third-order valence-corrected chi connectivity index (χ3v) is 5.82. The number of rotatable bonds is 5. The number of anilines is 2. The van der Waals surface area contributed by atoms with E-state index in [-0.39, 0.29) is 11.5 Å². The van der Waals surface area contributed by atoms with Crippen LogP contribution in [-0.2, 0) is 20.6 Å². The van der Waals surface area contributed by atoms with Gasteiger partial charge < -0.3 is 19.9 Å². The first-order chi connectivity index (χ1) is 14.4. The highest BCUT2D eigenvalue weighted by molar-refractivity contribution is 5.73. The molecule has 1 aliphatic rings. The number of nitrogens with zero attached hydrogens (tertiary/aromatic N) is 6. The molecule has 10 heteroatoms. The van der Waals surface area contributed by atoms with Crippen LogP contribution in [-0.4, -0.2) is 63.4 Å². The quantitative estimate of drug-likeness (QED) is 0.620. The Labute approximate surface area is 173 Å². The summed E-state index contributed by atoms with van der Waals surface area (Å²) in [6.07, 6.45) is 0. The summed E-state index contributed by atoms with van der Waals surface area (Å²) in [5.74, 6) is 1.13. The van der Waals surface area contributed by atoms with E-state index in [4.69, 9.17) is 10.5 Å². The van der Waals surface area contributed by atoms with Crippen molar-refractivity contribution in [1.82, 2.24) is 23.6 Å². The molecule has 10 nitrogen and oxygen atoms in total. The Hall–Kier alpha value is -3.27. The van der Waals surface area contributed by atoms with Gasteiger partial charge in [-0.05, 0) is 12.1 Å². The van der Waals surface area contributed by atoms with Crippen LogP contribution >= 0.6 is 0 Å². The van der Waals surface area contributed by atoms with Gasteiger partial charge in [-0.15, -0.1) is 0 Å². The second-order valence-electron chi connectivity index (χ2n) is 7.50. The molecule has 0 unspecified atom stereocenters. The number of fused-ring (bicyclic) bond motifs is 1. The topological polar surface area (TPSA) is 104 Å². The molecule has 2 N–H and O–H groups in total. The van der Waals surface area contributed by atoms with Crippen molar-refractivity contribution < 1.29 is 4.74 Å². The van der Waals surface area contributed by atoms with E-state index in [1.165, 1.54) is 11.6 Å². The Balaban J connectivity index is 1.48. The van der Waals surface area contributed by atoms with Crippen molar-refractivity contribution in [3.8, 4) is 5.75 Å². The predicted octanol–water partition coefficient (Wildman–Crippen LogP) is -0.153.